The van der Waals surface area contributed by atoms with E-state index in [1.54, 1.807) is 37.4 Å². The number of nitrogens with one attached hydrogen (secondary N) is 1. The Hall–Kier alpha value is -3.36. The molecule has 1 saturated heterocycles. The van der Waals surface area contributed by atoms with Crippen LogP contribution in [0.25, 0.3) is 0 Å². The quantitative estimate of drug-likeness (QED) is 0.449. The van der Waals surface area contributed by atoms with Gasteiger partial charge in [0.25, 0.3) is 0 Å². The molecule has 1 unspecified atom stereocenters. The summed E-state index contributed by atoms with van der Waals surface area (Å²) in [6, 6.07) is 15.6. The second-order valence-corrected chi connectivity index (χ2v) is 9.52. The highest BCUT2D eigenvalue weighted by Gasteiger charge is 2.37. The molecule has 3 aromatic rings. The number of anilines is 2. The topological polar surface area (TPSA) is 93.9 Å². The van der Waals surface area contributed by atoms with E-state index in [1.807, 2.05) is 38.1 Å². The maximum absolute atomic E-state index is 13.0. The van der Waals surface area contributed by atoms with Crippen LogP contribution in [0.2, 0.25) is 5.02 Å². The summed E-state index contributed by atoms with van der Waals surface area (Å²) in [6.07, 6.45) is 0.708. The molecule has 1 aliphatic rings. The van der Waals surface area contributed by atoms with Crippen molar-refractivity contribution in [1.82, 2.24) is 5.16 Å². The first-order valence-corrected chi connectivity index (χ1v) is 11.7. The molecule has 0 saturated carbocycles. The van der Waals surface area contributed by atoms with Crippen LogP contribution in [0.5, 0.6) is 5.75 Å². The summed E-state index contributed by atoms with van der Waals surface area (Å²) in [6.45, 7) is 4.83. The normalized spacial score (nSPS) is 15.9. The number of hydrogen-bond donors (Lipinski definition) is 1. The van der Waals surface area contributed by atoms with Gasteiger partial charge in [-0.25, -0.2) is 0 Å². The Bertz CT molecular complexity index is 1170. The fraction of sp³-hybridized carbons (Fsp3) is 0.346. The summed E-state index contributed by atoms with van der Waals surface area (Å²) in [5.41, 5.74) is 1.87. The molecule has 1 aliphatic heterocycles. The highest BCUT2D eigenvalue weighted by molar-refractivity contribution is 6.30. The molecule has 35 heavy (non-hydrogen) atoms. The Labute approximate surface area is 209 Å². The van der Waals surface area contributed by atoms with Crippen LogP contribution in [0.15, 0.2) is 59.1 Å². The average molecular weight is 498 g/mol. The van der Waals surface area contributed by atoms with E-state index in [4.69, 9.17) is 25.6 Å². The van der Waals surface area contributed by atoms with E-state index in [0.717, 1.165) is 11.3 Å². The van der Waals surface area contributed by atoms with E-state index >= 15 is 0 Å². The number of aromatic nitrogens is 1. The third-order valence-electron chi connectivity index (χ3n) is 5.96. The minimum atomic E-state index is -0.641. The van der Waals surface area contributed by atoms with Crippen molar-refractivity contribution in [3.63, 3.8) is 0 Å². The zero-order chi connectivity index (χ0) is 25.0. The van der Waals surface area contributed by atoms with Crippen LogP contribution in [0.4, 0.5) is 11.6 Å². The van der Waals surface area contributed by atoms with E-state index in [1.165, 1.54) is 4.90 Å². The zero-order valence-corrected chi connectivity index (χ0v) is 20.7. The summed E-state index contributed by atoms with van der Waals surface area (Å²) >= 11 is 5.96. The Balaban J connectivity index is 1.36. The standard InChI is InChI=1S/C26H28ClN3O5/c1-26(2,16-34-15-17-4-10-20(33-3)11-5-17)22-14-23(35-29-22)28-25(32)21-12-13-24(31)30(21)19-8-6-18(27)7-9-19/h4-11,14,21H,12-13,15-16H2,1-3H3,(H,28,32). The van der Waals surface area contributed by atoms with Crippen molar-refractivity contribution in [3.8, 4) is 5.75 Å². The molecule has 184 valence electrons. The van der Waals surface area contributed by atoms with Gasteiger partial charge in [0, 0.05) is 28.6 Å². The molecule has 1 aromatic heterocycles. The number of rotatable bonds is 9. The number of halogens is 1. The maximum atomic E-state index is 13.0. The Morgan fingerprint density at radius 3 is 2.60 bits per heavy atom. The molecule has 1 fully saturated rings. The van der Waals surface area contributed by atoms with Gasteiger partial charge < -0.3 is 14.0 Å². The second kappa shape index (κ2) is 10.5. The van der Waals surface area contributed by atoms with Gasteiger partial charge in [0.15, 0.2) is 0 Å². The molecule has 2 aromatic carbocycles. The summed E-state index contributed by atoms with van der Waals surface area (Å²) < 4.78 is 16.5. The van der Waals surface area contributed by atoms with Gasteiger partial charge in [-0.2, -0.15) is 0 Å². The molecule has 0 bridgehead atoms. The molecule has 1 N–H and O–H groups in total. The van der Waals surface area contributed by atoms with Gasteiger partial charge >= 0.3 is 0 Å². The lowest BCUT2D eigenvalue weighted by Gasteiger charge is -2.23. The molecule has 0 radical (unpaired) electrons. The minimum absolute atomic E-state index is 0.110. The van der Waals surface area contributed by atoms with Crippen molar-refractivity contribution in [2.75, 3.05) is 23.9 Å². The molecule has 2 amide bonds. The molecule has 0 spiro atoms. The van der Waals surface area contributed by atoms with Crippen molar-refractivity contribution in [1.29, 1.82) is 0 Å². The molecular formula is C26H28ClN3O5. The Kier molecular flexibility index (Phi) is 7.42. The van der Waals surface area contributed by atoms with Gasteiger partial charge in [0.05, 0.1) is 26.0 Å². The summed E-state index contributed by atoms with van der Waals surface area (Å²) in [5, 5.41) is 7.46. The van der Waals surface area contributed by atoms with E-state index in [9.17, 15) is 9.59 Å². The highest BCUT2D eigenvalue weighted by atomic mass is 35.5. The van der Waals surface area contributed by atoms with Crippen LogP contribution in [0.1, 0.15) is 37.9 Å². The van der Waals surface area contributed by atoms with Gasteiger partial charge in [-0.15, -0.1) is 0 Å². The fourth-order valence-electron chi connectivity index (χ4n) is 3.94. The number of benzene rings is 2. The van der Waals surface area contributed by atoms with E-state index in [-0.39, 0.29) is 17.7 Å². The van der Waals surface area contributed by atoms with Crippen molar-refractivity contribution in [2.24, 2.45) is 0 Å². The Morgan fingerprint density at radius 2 is 1.91 bits per heavy atom. The SMILES string of the molecule is COc1ccc(COCC(C)(C)c2cc(NC(=O)C3CCC(=O)N3c3ccc(Cl)cc3)on2)cc1. The molecular weight excluding hydrogens is 470 g/mol. The van der Waals surface area contributed by atoms with Crippen molar-refractivity contribution < 1.29 is 23.6 Å². The van der Waals surface area contributed by atoms with Crippen molar-refractivity contribution in [3.05, 3.63) is 70.9 Å². The van der Waals surface area contributed by atoms with Crippen LogP contribution in [0.3, 0.4) is 0 Å². The van der Waals surface area contributed by atoms with Crippen LogP contribution >= 0.6 is 11.6 Å². The van der Waals surface area contributed by atoms with Crippen LogP contribution in [0, 0.1) is 0 Å². The molecule has 9 heteroatoms. The lowest BCUT2D eigenvalue weighted by atomic mass is 9.90. The summed E-state index contributed by atoms with van der Waals surface area (Å²) in [7, 11) is 1.63. The van der Waals surface area contributed by atoms with Crippen LogP contribution in [-0.2, 0) is 26.3 Å². The lowest BCUT2D eigenvalue weighted by Crippen LogP contribution is -2.41. The maximum Gasteiger partial charge on any atom is 0.249 e. The van der Waals surface area contributed by atoms with Crippen LogP contribution in [-0.4, -0.2) is 36.7 Å². The third kappa shape index (κ3) is 5.83. The second-order valence-electron chi connectivity index (χ2n) is 9.09. The van der Waals surface area contributed by atoms with Crippen molar-refractivity contribution >= 4 is 35.0 Å². The third-order valence-corrected chi connectivity index (χ3v) is 6.21. The fourth-order valence-corrected chi connectivity index (χ4v) is 4.06. The van der Waals surface area contributed by atoms with E-state index in [2.05, 4.69) is 10.5 Å². The summed E-state index contributed by atoms with van der Waals surface area (Å²) in [4.78, 5) is 26.9. The highest BCUT2D eigenvalue weighted by Crippen LogP contribution is 2.30. The molecule has 2 heterocycles. The average Bonchev–Trinajstić information content (AvgIpc) is 3.47. The van der Waals surface area contributed by atoms with Gasteiger partial charge in [-0.1, -0.05) is 42.7 Å². The number of hydrogen-bond acceptors (Lipinski definition) is 6. The largest absolute Gasteiger partial charge is 0.497 e. The van der Waals surface area contributed by atoms with E-state index in [0.29, 0.717) is 42.5 Å². The number of amides is 2. The Morgan fingerprint density at radius 1 is 1.20 bits per heavy atom. The first-order chi connectivity index (χ1) is 16.8. The van der Waals surface area contributed by atoms with Crippen LogP contribution < -0.4 is 15.0 Å². The summed E-state index contributed by atoms with van der Waals surface area (Å²) in [5.74, 6) is 0.580. The molecule has 1 atom stereocenters. The number of ether oxygens (including phenoxy) is 2. The number of methoxy groups -OCH3 is 1. The van der Waals surface area contributed by atoms with Crippen molar-refractivity contribution in [2.45, 2.75) is 44.8 Å². The van der Waals surface area contributed by atoms with Gasteiger partial charge in [0.2, 0.25) is 17.7 Å². The number of carbonyl (C=O) groups excluding carboxylic acids is 2. The monoisotopic (exact) mass is 497 g/mol. The first-order valence-electron chi connectivity index (χ1n) is 11.3. The number of carbonyl (C=O) groups is 2. The predicted octanol–water partition coefficient (Wildman–Crippen LogP) is 4.97. The molecule has 8 nitrogen and oxygen atoms in total. The predicted molar refractivity (Wildman–Crippen MR) is 133 cm³/mol. The molecule has 0 aliphatic carbocycles. The molecule has 4 rings (SSSR count). The van der Waals surface area contributed by atoms with Gasteiger partial charge in [-0.3, -0.25) is 19.8 Å². The first kappa shape index (κ1) is 24.8. The number of nitrogens with zero attached hydrogens (tertiary/aromatic N) is 2. The van der Waals surface area contributed by atoms with Gasteiger partial charge in [0.1, 0.15) is 11.8 Å². The van der Waals surface area contributed by atoms with Gasteiger partial charge in [-0.05, 0) is 48.4 Å². The smallest absolute Gasteiger partial charge is 0.249 e. The minimum Gasteiger partial charge on any atom is -0.497 e. The zero-order valence-electron chi connectivity index (χ0n) is 19.9. The van der Waals surface area contributed by atoms with E-state index < -0.39 is 11.5 Å². The lowest BCUT2D eigenvalue weighted by molar-refractivity contribution is -0.120.